The molecule has 0 aromatic heterocycles. The van der Waals surface area contributed by atoms with Crippen LogP contribution in [0.1, 0.15) is 0 Å². The van der Waals surface area contributed by atoms with E-state index in [9.17, 15) is 4.79 Å². The number of hydrogen-bond acceptors (Lipinski definition) is 3. The van der Waals surface area contributed by atoms with Crippen molar-refractivity contribution in [1.82, 2.24) is 0 Å². The van der Waals surface area contributed by atoms with Crippen LogP contribution in [0.15, 0.2) is 10.2 Å². The topological polar surface area (TPSA) is 67.8 Å². The molecule has 0 bridgehead atoms. The average Bonchev–Trinajstić information content (AvgIpc) is 2.06. The van der Waals surface area contributed by atoms with Crippen molar-refractivity contribution < 1.29 is 4.79 Å². The van der Waals surface area contributed by atoms with Crippen LogP contribution < -0.4 is 5.73 Å². The number of rotatable bonds is 1. The maximum atomic E-state index is 9.80. The summed E-state index contributed by atoms with van der Waals surface area (Å²) in [6.45, 7) is 0. The molecule has 0 fully saturated rings. The molecule has 0 unspecified atom stereocenters. The molecule has 0 radical (unpaired) electrons. The van der Waals surface area contributed by atoms with Crippen LogP contribution in [-0.2, 0) is 4.79 Å². The van der Waals surface area contributed by atoms with Gasteiger partial charge in [0.15, 0.2) is 0 Å². The Morgan fingerprint density at radius 2 is 2.17 bits per heavy atom. The van der Waals surface area contributed by atoms with Crippen LogP contribution in [0.2, 0.25) is 0 Å². The first-order valence-corrected chi connectivity index (χ1v) is 1.50. The van der Waals surface area contributed by atoms with Gasteiger partial charge in [0.1, 0.15) is 0 Å². The lowest BCUT2D eigenvalue weighted by Crippen LogP contribution is -2.16. The largest absolute Gasteiger partial charge is 0.366 e. The first-order valence-electron chi connectivity index (χ1n) is 1.50. The summed E-state index contributed by atoms with van der Waals surface area (Å²) >= 11 is 0. The second-order valence-corrected chi connectivity index (χ2v) is 1.01. The van der Waals surface area contributed by atoms with Crippen molar-refractivity contribution in [3.05, 3.63) is 0 Å². The maximum absolute atomic E-state index is 9.80. The van der Waals surface area contributed by atoms with Gasteiger partial charge in [0.25, 0.3) is 12.1 Å². The molecule has 4 heteroatoms. The van der Waals surface area contributed by atoms with Crippen LogP contribution in [0, 0.1) is 0 Å². The minimum absolute atomic E-state index is 0.463. The van der Waals surface area contributed by atoms with Crippen molar-refractivity contribution in [2.24, 2.45) is 16.0 Å². The Hall–Kier alpha value is -0.930. The summed E-state index contributed by atoms with van der Waals surface area (Å²) in [4.78, 5) is 9.80. The fourth-order valence-corrected chi connectivity index (χ4v) is 0.147. The van der Waals surface area contributed by atoms with Gasteiger partial charge in [-0.15, -0.1) is 0 Å². The highest BCUT2D eigenvalue weighted by molar-refractivity contribution is 5.81. The minimum Gasteiger partial charge on any atom is -0.366 e. The van der Waals surface area contributed by atoms with E-state index in [4.69, 9.17) is 0 Å². The van der Waals surface area contributed by atoms with E-state index in [1.165, 1.54) is 0 Å². The molecule has 1 aliphatic rings. The van der Waals surface area contributed by atoms with Crippen molar-refractivity contribution in [3.8, 4) is 0 Å². The van der Waals surface area contributed by atoms with Gasteiger partial charge in [-0.1, -0.05) is 0 Å². The van der Waals surface area contributed by atoms with Crippen LogP contribution in [-0.4, -0.2) is 12.1 Å². The SMILES string of the molecule is NC(=O)C1N=N1. The molecule has 1 amide bonds. The Kier molecular flexibility index (Phi) is 0.418. The molecule has 0 aliphatic carbocycles. The quantitative estimate of drug-likeness (QED) is 0.447. The maximum Gasteiger partial charge on any atom is 0.268 e. The molecule has 1 heterocycles. The average molecular weight is 85.1 g/mol. The smallest absolute Gasteiger partial charge is 0.268 e. The molecular formula is C2H3N3O. The highest BCUT2D eigenvalue weighted by Crippen LogP contribution is 2.06. The van der Waals surface area contributed by atoms with Gasteiger partial charge in [0.2, 0.25) is 0 Å². The van der Waals surface area contributed by atoms with Gasteiger partial charge in [-0.2, -0.15) is 10.2 Å². The van der Waals surface area contributed by atoms with E-state index in [2.05, 4.69) is 16.0 Å². The molecule has 0 aromatic rings. The van der Waals surface area contributed by atoms with Gasteiger partial charge in [-0.25, -0.2) is 0 Å². The van der Waals surface area contributed by atoms with Gasteiger partial charge < -0.3 is 5.73 Å². The van der Waals surface area contributed by atoms with Crippen LogP contribution >= 0.6 is 0 Å². The number of primary amides is 1. The highest BCUT2D eigenvalue weighted by atomic mass is 16.2. The Morgan fingerprint density at radius 1 is 1.67 bits per heavy atom. The van der Waals surface area contributed by atoms with Gasteiger partial charge in [0.05, 0.1) is 0 Å². The van der Waals surface area contributed by atoms with Gasteiger partial charge in [-0.3, -0.25) is 4.79 Å². The van der Waals surface area contributed by atoms with Gasteiger partial charge in [-0.05, 0) is 0 Å². The van der Waals surface area contributed by atoms with Crippen molar-refractivity contribution in [3.63, 3.8) is 0 Å². The van der Waals surface area contributed by atoms with E-state index in [0.717, 1.165) is 0 Å². The lowest BCUT2D eigenvalue weighted by Gasteiger charge is -1.72. The third kappa shape index (κ3) is 0.357. The molecule has 0 saturated heterocycles. The minimum atomic E-state index is -0.509. The zero-order chi connectivity index (χ0) is 4.57. The summed E-state index contributed by atoms with van der Waals surface area (Å²) in [6.07, 6.45) is -0.509. The molecule has 0 atom stereocenters. The standard InChI is InChI=1S/C2H3N3O/c3-1(6)2-4-5-2/h2H,(H2,3,6). The van der Waals surface area contributed by atoms with Gasteiger partial charge >= 0.3 is 0 Å². The molecular weight excluding hydrogens is 82.0 g/mol. The summed E-state index contributed by atoms with van der Waals surface area (Å²) in [5.41, 5.74) is 4.67. The van der Waals surface area contributed by atoms with Crippen LogP contribution in [0.5, 0.6) is 0 Å². The molecule has 6 heavy (non-hydrogen) atoms. The van der Waals surface area contributed by atoms with E-state index in [1.807, 2.05) is 0 Å². The van der Waals surface area contributed by atoms with Crippen molar-refractivity contribution in [2.75, 3.05) is 0 Å². The second kappa shape index (κ2) is 0.767. The number of amides is 1. The summed E-state index contributed by atoms with van der Waals surface area (Å²) in [6, 6.07) is 0. The summed E-state index contributed by atoms with van der Waals surface area (Å²) in [5, 5.41) is 6.50. The molecule has 1 aliphatic heterocycles. The molecule has 0 spiro atoms. The third-order valence-electron chi connectivity index (χ3n) is 0.485. The van der Waals surface area contributed by atoms with Crippen LogP contribution in [0.3, 0.4) is 0 Å². The zero-order valence-electron chi connectivity index (χ0n) is 2.96. The Morgan fingerprint density at radius 3 is 2.17 bits per heavy atom. The summed E-state index contributed by atoms with van der Waals surface area (Å²) in [5.74, 6) is -0.463. The fraction of sp³-hybridized carbons (Fsp3) is 0.500. The Balaban J connectivity index is 2.35. The molecule has 0 aromatic carbocycles. The lowest BCUT2D eigenvalue weighted by molar-refractivity contribution is -0.117. The first kappa shape index (κ1) is 3.27. The second-order valence-electron chi connectivity index (χ2n) is 1.01. The number of carbonyl (C=O) groups is 1. The molecule has 2 N–H and O–H groups in total. The monoisotopic (exact) mass is 85.0 g/mol. The third-order valence-corrected chi connectivity index (χ3v) is 0.485. The number of nitrogens with two attached hydrogens (primary N) is 1. The highest BCUT2D eigenvalue weighted by Gasteiger charge is 2.21. The number of nitrogens with zero attached hydrogens (tertiary/aromatic N) is 2. The Bertz CT molecular complexity index is 101. The molecule has 0 saturated carbocycles. The fourth-order valence-electron chi connectivity index (χ4n) is 0.147. The van der Waals surface area contributed by atoms with E-state index in [-0.39, 0.29) is 0 Å². The van der Waals surface area contributed by atoms with E-state index in [0.29, 0.717) is 0 Å². The first-order chi connectivity index (χ1) is 2.80. The summed E-state index contributed by atoms with van der Waals surface area (Å²) < 4.78 is 0. The van der Waals surface area contributed by atoms with Crippen molar-refractivity contribution in [1.29, 1.82) is 0 Å². The number of carbonyl (C=O) groups excluding carboxylic acids is 1. The molecule has 1 rings (SSSR count). The van der Waals surface area contributed by atoms with Crippen LogP contribution in [0.4, 0.5) is 0 Å². The van der Waals surface area contributed by atoms with E-state index < -0.39 is 12.1 Å². The van der Waals surface area contributed by atoms with E-state index in [1.54, 1.807) is 0 Å². The number of hydrogen-bond donors (Lipinski definition) is 1. The zero-order valence-corrected chi connectivity index (χ0v) is 2.96. The normalized spacial score (nSPS) is 18.0. The van der Waals surface area contributed by atoms with Gasteiger partial charge in [0, 0.05) is 0 Å². The van der Waals surface area contributed by atoms with Crippen molar-refractivity contribution in [2.45, 2.75) is 6.17 Å². The van der Waals surface area contributed by atoms with Crippen molar-refractivity contribution >= 4 is 5.91 Å². The Labute approximate surface area is 34.0 Å². The predicted octanol–water partition coefficient (Wildman–Crippen LogP) is -0.736. The predicted molar refractivity (Wildman–Crippen MR) is 17.8 cm³/mol. The van der Waals surface area contributed by atoms with E-state index >= 15 is 0 Å². The molecule has 4 nitrogen and oxygen atoms in total. The summed E-state index contributed by atoms with van der Waals surface area (Å²) in [7, 11) is 0. The van der Waals surface area contributed by atoms with Crippen LogP contribution in [0.25, 0.3) is 0 Å². The molecule has 32 valence electrons. The lowest BCUT2D eigenvalue weighted by atomic mass is 10.6.